The van der Waals surface area contributed by atoms with E-state index in [-0.39, 0.29) is 0 Å². The van der Waals surface area contributed by atoms with Crippen LogP contribution in [-0.2, 0) is 0 Å². The summed E-state index contributed by atoms with van der Waals surface area (Å²) in [5.74, 6) is 0. The molecule has 0 amide bonds. The molecule has 0 aromatic heterocycles. The first kappa shape index (κ1) is 7.62. The maximum Gasteiger partial charge on any atom is 0.0913 e. The quantitative estimate of drug-likeness (QED) is 0.388. The Kier molecular flexibility index (Phi) is 2.00. The minimum Gasteiger partial charge on any atom is -0.359 e. The van der Waals surface area contributed by atoms with E-state index in [0.717, 1.165) is 23.8 Å². The molecule has 12 heavy (non-hydrogen) atoms. The minimum absolute atomic E-state index is 0.751. The van der Waals surface area contributed by atoms with Gasteiger partial charge in [-0.15, -0.1) is 0 Å². The average molecular weight is 181 g/mol. The average Bonchev–Trinajstić information content (AvgIpc) is 2.87. The molecule has 0 unspecified atom stereocenters. The van der Waals surface area contributed by atoms with Crippen LogP contribution in [0.25, 0.3) is 0 Å². The summed E-state index contributed by atoms with van der Waals surface area (Å²) in [6.45, 7) is 2.27. The number of nitrogens with zero attached hydrogens (tertiary/aromatic N) is 2. The monoisotopic (exact) mass is 180 g/mol. The molecule has 0 aliphatic carbocycles. The highest BCUT2D eigenvalue weighted by Gasteiger charge is 2.11. The standard InChI is InChI=1S/C9H9ClN2/c10-8-1-3-9(4-2-8)11-7-12-5-6-12/h1-4,7H,5-6H2. The smallest absolute Gasteiger partial charge is 0.0913 e. The fourth-order valence-electron chi connectivity index (χ4n) is 0.849. The summed E-state index contributed by atoms with van der Waals surface area (Å²) in [6.07, 6.45) is 1.86. The molecule has 1 aliphatic rings. The van der Waals surface area contributed by atoms with Crippen LogP contribution in [0.3, 0.4) is 0 Å². The van der Waals surface area contributed by atoms with Gasteiger partial charge >= 0.3 is 0 Å². The molecule has 62 valence electrons. The Bertz CT molecular complexity index is 288. The van der Waals surface area contributed by atoms with E-state index in [1.165, 1.54) is 0 Å². The van der Waals surface area contributed by atoms with Crippen LogP contribution in [0.4, 0.5) is 5.69 Å². The van der Waals surface area contributed by atoms with Crippen molar-refractivity contribution >= 4 is 23.6 Å². The summed E-state index contributed by atoms with van der Waals surface area (Å²) in [7, 11) is 0. The molecule has 1 saturated heterocycles. The van der Waals surface area contributed by atoms with Crippen molar-refractivity contribution in [1.82, 2.24) is 4.90 Å². The van der Waals surface area contributed by atoms with E-state index in [1.54, 1.807) is 0 Å². The molecule has 3 heteroatoms. The van der Waals surface area contributed by atoms with E-state index >= 15 is 0 Å². The van der Waals surface area contributed by atoms with Crippen molar-refractivity contribution in [3.05, 3.63) is 29.3 Å². The van der Waals surface area contributed by atoms with Crippen LogP contribution in [-0.4, -0.2) is 24.3 Å². The zero-order valence-corrected chi connectivity index (χ0v) is 7.33. The lowest BCUT2D eigenvalue weighted by molar-refractivity contribution is 0.875. The third-order valence-corrected chi connectivity index (χ3v) is 1.93. The highest BCUT2D eigenvalue weighted by molar-refractivity contribution is 6.30. The molecule has 0 spiro atoms. The summed E-state index contributed by atoms with van der Waals surface area (Å²) in [5, 5.41) is 0.751. The van der Waals surface area contributed by atoms with Crippen molar-refractivity contribution in [2.45, 2.75) is 0 Å². The Morgan fingerprint density at radius 2 is 1.92 bits per heavy atom. The van der Waals surface area contributed by atoms with Crippen molar-refractivity contribution in [1.29, 1.82) is 0 Å². The zero-order chi connectivity index (χ0) is 8.39. The molecule has 1 fully saturated rings. The van der Waals surface area contributed by atoms with Crippen LogP contribution in [0.2, 0.25) is 5.02 Å². The number of aliphatic imine (C=N–C) groups is 1. The second-order valence-electron chi connectivity index (χ2n) is 2.76. The summed E-state index contributed by atoms with van der Waals surface area (Å²) < 4.78 is 0. The fraction of sp³-hybridized carbons (Fsp3) is 0.222. The first-order valence-electron chi connectivity index (χ1n) is 3.88. The van der Waals surface area contributed by atoms with Crippen molar-refractivity contribution in [2.24, 2.45) is 4.99 Å². The SMILES string of the molecule is Clc1ccc(N=CN2CC2)cc1. The summed E-state index contributed by atoms with van der Waals surface area (Å²) in [6, 6.07) is 7.50. The van der Waals surface area contributed by atoms with Gasteiger partial charge in [0.15, 0.2) is 0 Å². The van der Waals surface area contributed by atoms with Gasteiger partial charge in [0.25, 0.3) is 0 Å². The molecule has 1 aromatic rings. The van der Waals surface area contributed by atoms with Gasteiger partial charge in [-0.25, -0.2) is 4.99 Å². The predicted molar refractivity (Wildman–Crippen MR) is 51.2 cm³/mol. The minimum atomic E-state index is 0.751. The summed E-state index contributed by atoms with van der Waals surface area (Å²) >= 11 is 5.72. The Morgan fingerprint density at radius 1 is 1.25 bits per heavy atom. The first-order chi connectivity index (χ1) is 5.84. The molecule has 2 rings (SSSR count). The third-order valence-electron chi connectivity index (χ3n) is 1.68. The second-order valence-corrected chi connectivity index (χ2v) is 3.19. The fourth-order valence-corrected chi connectivity index (χ4v) is 0.975. The van der Waals surface area contributed by atoms with E-state index in [9.17, 15) is 0 Å². The normalized spacial score (nSPS) is 15.6. The van der Waals surface area contributed by atoms with Crippen LogP contribution in [0.5, 0.6) is 0 Å². The van der Waals surface area contributed by atoms with Crippen molar-refractivity contribution in [3.63, 3.8) is 0 Å². The van der Waals surface area contributed by atoms with Gasteiger partial charge in [-0.2, -0.15) is 0 Å². The lowest BCUT2D eigenvalue weighted by atomic mass is 10.3. The topological polar surface area (TPSA) is 15.4 Å². The molecule has 1 aromatic carbocycles. The molecule has 0 saturated carbocycles. The lowest BCUT2D eigenvalue weighted by Gasteiger charge is -1.93. The summed E-state index contributed by atoms with van der Waals surface area (Å²) in [5.41, 5.74) is 0.950. The van der Waals surface area contributed by atoms with Crippen LogP contribution in [0, 0.1) is 0 Å². The number of hydrogen-bond donors (Lipinski definition) is 0. The highest BCUT2D eigenvalue weighted by atomic mass is 35.5. The Morgan fingerprint density at radius 3 is 2.50 bits per heavy atom. The molecule has 1 aliphatic heterocycles. The molecule has 0 N–H and O–H groups in total. The van der Waals surface area contributed by atoms with Crippen LogP contribution in [0.1, 0.15) is 0 Å². The van der Waals surface area contributed by atoms with Gasteiger partial charge in [0.2, 0.25) is 0 Å². The molecular weight excluding hydrogens is 172 g/mol. The number of halogens is 1. The van der Waals surface area contributed by atoms with E-state index in [2.05, 4.69) is 9.89 Å². The molecule has 2 nitrogen and oxygen atoms in total. The maximum absolute atomic E-state index is 5.72. The molecule has 0 atom stereocenters. The van der Waals surface area contributed by atoms with E-state index < -0.39 is 0 Å². The van der Waals surface area contributed by atoms with Gasteiger partial charge in [-0.1, -0.05) is 11.6 Å². The van der Waals surface area contributed by atoms with Gasteiger partial charge in [0.1, 0.15) is 0 Å². The third kappa shape index (κ3) is 1.98. The van der Waals surface area contributed by atoms with Crippen molar-refractivity contribution < 1.29 is 0 Å². The van der Waals surface area contributed by atoms with Gasteiger partial charge < -0.3 is 4.90 Å². The maximum atomic E-state index is 5.72. The molecular formula is C9H9ClN2. The largest absolute Gasteiger partial charge is 0.359 e. The van der Waals surface area contributed by atoms with E-state index in [1.807, 2.05) is 30.6 Å². The van der Waals surface area contributed by atoms with E-state index in [0.29, 0.717) is 0 Å². The molecule has 1 heterocycles. The van der Waals surface area contributed by atoms with Crippen LogP contribution in [0.15, 0.2) is 29.3 Å². The van der Waals surface area contributed by atoms with Gasteiger partial charge in [-0.05, 0) is 24.3 Å². The van der Waals surface area contributed by atoms with Gasteiger partial charge in [0.05, 0.1) is 12.0 Å². The Hall–Kier alpha value is -1.02. The Labute approximate surface area is 76.5 Å². The van der Waals surface area contributed by atoms with Crippen molar-refractivity contribution in [2.75, 3.05) is 13.1 Å². The van der Waals surface area contributed by atoms with Crippen molar-refractivity contribution in [3.8, 4) is 0 Å². The molecule has 0 bridgehead atoms. The van der Waals surface area contributed by atoms with Gasteiger partial charge in [0, 0.05) is 18.1 Å². The zero-order valence-electron chi connectivity index (χ0n) is 6.57. The van der Waals surface area contributed by atoms with Crippen LogP contribution < -0.4 is 0 Å². The molecule has 0 radical (unpaired) electrons. The van der Waals surface area contributed by atoms with Crippen LogP contribution >= 0.6 is 11.6 Å². The van der Waals surface area contributed by atoms with Gasteiger partial charge in [-0.3, -0.25) is 0 Å². The second kappa shape index (κ2) is 3.15. The highest BCUT2D eigenvalue weighted by Crippen LogP contribution is 2.16. The predicted octanol–water partition coefficient (Wildman–Crippen LogP) is 2.32. The number of rotatable bonds is 2. The number of hydrogen-bond acceptors (Lipinski definition) is 1. The number of benzene rings is 1. The Balaban J connectivity index is 2.07. The summed E-state index contributed by atoms with van der Waals surface area (Å²) in [4.78, 5) is 6.39. The van der Waals surface area contributed by atoms with E-state index in [4.69, 9.17) is 11.6 Å². The lowest BCUT2D eigenvalue weighted by Crippen LogP contribution is -1.88. The first-order valence-corrected chi connectivity index (χ1v) is 4.26.